The smallest absolute Gasteiger partial charge is 0.305 e. The summed E-state index contributed by atoms with van der Waals surface area (Å²) in [6, 6.07) is 10.0. The van der Waals surface area contributed by atoms with Crippen molar-refractivity contribution < 1.29 is 23.2 Å². The van der Waals surface area contributed by atoms with Gasteiger partial charge in [0, 0.05) is 12.6 Å². The average molecular weight is 378 g/mol. The van der Waals surface area contributed by atoms with Gasteiger partial charge in [0.2, 0.25) is 0 Å². The Morgan fingerprint density at radius 3 is 2.27 bits per heavy atom. The fraction of sp³-hybridized carbons (Fsp3) is 0.235. The molecule has 0 saturated carbocycles. The highest BCUT2D eigenvalue weighted by Gasteiger charge is 2.32. The number of carboxylic acids is 1. The van der Waals surface area contributed by atoms with E-state index in [0.717, 1.165) is 27.6 Å². The standard InChI is InChI=1S/C17H18N2O6S/c1-12-9-13(2)11-14(10-12)18(8-7-17(20)21)26(24,25)16-6-4-3-5-15(16)19(22)23/h3-6,9-11H,7-8H2,1-2H3,(H,20,21). The zero-order valence-electron chi connectivity index (χ0n) is 14.2. The van der Waals surface area contributed by atoms with Crippen molar-refractivity contribution in [3.63, 3.8) is 0 Å². The first-order valence-corrected chi connectivity index (χ1v) is 9.13. The lowest BCUT2D eigenvalue weighted by atomic mass is 10.1. The van der Waals surface area contributed by atoms with Crippen LogP contribution in [0.15, 0.2) is 47.4 Å². The van der Waals surface area contributed by atoms with Gasteiger partial charge in [0.15, 0.2) is 4.90 Å². The molecule has 0 bridgehead atoms. The molecule has 2 aromatic carbocycles. The summed E-state index contributed by atoms with van der Waals surface area (Å²) in [4.78, 5) is 21.0. The molecule has 9 heteroatoms. The van der Waals surface area contributed by atoms with E-state index in [-0.39, 0.29) is 12.2 Å². The van der Waals surface area contributed by atoms with Crippen LogP contribution in [0.25, 0.3) is 0 Å². The summed E-state index contributed by atoms with van der Waals surface area (Å²) in [6.45, 7) is 3.22. The number of nitro groups is 1. The Morgan fingerprint density at radius 1 is 1.15 bits per heavy atom. The Bertz CT molecular complexity index is 935. The quantitative estimate of drug-likeness (QED) is 0.585. The summed E-state index contributed by atoms with van der Waals surface area (Å²) in [7, 11) is -4.33. The molecule has 2 rings (SSSR count). The largest absolute Gasteiger partial charge is 0.481 e. The lowest BCUT2D eigenvalue weighted by Crippen LogP contribution is -2.33. The summed E-state index contributed by atoms with van der Waals surface area (Å²) in [6.07, 6.45) is -0.438. The van der Waals surface area contributed by atoms with Gasteiger partial charge in [-0.05, 0) is 43.2 Å². The van der Waals surface area contributed by atoms with Crippen LogP contribution in [0.1, 0.15) is 17.5 Å². The molecule has 0 atom stereocenters. The first kappa shape index (κ1) is 19.4. The van der Waals surface area contributed by atoms with Crippen LogP contribution in [0.3, 0.4) is 0 Å². The lowest BCUT2D eigenvalue weighted by Gasteiger charge is -2.24. The molecule has 26 heavy (non-hydrogen) atoms. The normalized spacial score (nSPS) is 11.2. The third kappa shape index (κ3) is 4.17. The van der Waals surface area contributed by atoms with Crippen molar-refractivity contribution >= 4 is 27.4 Å². The van der Waals surface area contributed by atoms with Crippen LogP contribution in [-0.4, -0.2) is 31.0 Å². The predicted molar refractivity (Wildman–Crippen MR) is 95.8 cm³/mol. The van der Waals surface area contributed by atoms with Crippen LogP contribution in [0.5, 0.6) is 0 Å². The molecular weight excluding hydrogens is 360 g/mol. The van der Waals surface area contributed by atoms with E-state index < -0.39 is 37.9 Å². The zero-order valence-corrected chi connectivity index (χ0v) is 15.1. The first-order chi connectivity index (χ1) is 12.1. The summed E-state index contributed by atoms with van der Waals surface area (Å²) in [5.74, 6) is -1.17. The summed E-state index contributed by atoms with van der Waals surface area (Å²) < 4.78 is 27.1. The third-order valence-electron chi connectivity index (χ3n) is 3.65. The Labute approximate surface area is 150 Å². The first-order valence-electron chi connectivity index (χ1n) is 7.69. The number of rotatable bonds is 7. The van der Waals surface area contributed by atoms with Gasteiger partial charge in [-0.2, -0.15) is 0 Å². The van der Waals surface area contributed by atoms with Gasteiger partial charge in [-0.25, -0.2) is 8.42 Å². The molecule has 0 radical (unpaired) electrons. The van der Waals surface area contributed by atoms with E-state index >= 15 is 0 Å². The monoisotopic (exact) mass is 378 g/mol. The molecule has 0 amide bonds. The second kappa shape index (κ2) is 7.52. The van der Waals surface area contributed by atoms with Gasteiger partial charge in [-0.15, -0.1) is 0 Å². The van der Waals surface area contributed by atoms with E-state index in [4.69, 9.17) is 5.11 Å². The highest BCUT2D eigenvalue weighted by atomic mass is 32.2. The molecule has 138 valence electrons. The van der Waals surface area contributed by atoms with Crippen molar-refractivity contribution in [2.75, 3.05) is 10.8 Å². The van der Waals surface area contributed by atoms with Gasteiger partial charge >= 0.3 is 5.97 Å². The van der Waals surface area contributed by atoms with Gasteiger partial charge < -0.3 is 5.11 Å². The summed E-state index contributed by atoms with van der Waals surface area (Å²) in [5.41, 5.74) is 1.29. The Morgan fingerprint density at radius 2 is 1.73 bits per heavy atom. The average Bonchev–Trinajstić information content (AvgIpc) is 2.53. The number of hydrogen-bond acceptors (Lipinski definition) is 5. The van der Waals surface area contributed by atoms with Crippen molar-refractivity contribution in [1.82, 2.24) is 0 Å². The number of hydrogen-bond donors (Lipinski definition) is 1. The van der Waals surface area contributed by atoms with E-state index in [1.807, 2.05) is 6.07 Å². The maximum atomic E-state index is 13.1. The number of carboxylic acid groups (broad SMARTS) is 1. The van der Waals surface area contributed by atoms with Gasteiger partial charge in [-0.1, -0.05) is 18.2 Å². The number of nitrogens with zero attached hydrogens (tertiary/aromatic N) is 2. The second-order valence-electron chi connectivity index (χ2n) is 5.79. The van der Waals surface area contributed by atoms with Gasteiger partial charge in [0.25, 0.3) is 15.7 Å². The van der Waals surface area contributed by atoms with Crippen LogP contribution in [0.2, 0.25) is 0 Å². The predicted octanol–water partition coefficient (Wildman–Crippen LogP) is 2.88. The molecule has 0 aliphatic heterocycles. The van der Waals surface area contributed by atoms with Gasteiger partial charge in [0.1, 0.15) is 0 Å². The molecule has 1 N–H and O–H groups in total. The van der Waals surface area contributed by atoms with E-state index in [2.05, 4.69) is 0 Å². The Hall–Kier alpha value is -2.94. The van der Waals surface area contributed by atoms with Crippen LogP contribution in [-0.2, 0) is 14.8 Å². The molecule has 0 aliphatic rings. The number of nitro benzene ring substituents is 1. The minimum Gasteiger partial charge on any atom is -0.481 e. The molecule has 8 nitrogen and oxygen atoms in total. The molecule has 0 aliphatic carbocycles. The lowest BCUT2D eigenvalue weighted by molar-refractivity contribution is -0.387. The van der Waals surface area contributed by atoms with Crippen molar-refractivity contribution in [3.05, 3.63) is 63.7 Å². The topological polar surface area (TPSA) is 118 Å². The van der Waals surface area contributed by atoms with Crippen molar-refractivity contribution in [1.29, 1.82) is 0 Å². The summed E-state index contributed by atoms with van der Waals surface area (Å²) in [5, 5.41) is 20.2. The molecule has 0 aromatic heterocycles. The number of aryl methyl sites for hydroxylation is 2. The SMILES string of the molecule is Cc1cc(C)cc(N(CCC(=O)O)S(=O)(=O)c2ccccc2[N+](=O)[O-])c1. The van der Waals surface area contributed by atoms with Crippen molar-refractivity contribution in [3.8, 4) is 0 Å². The number of aliphatic carboxylic acids is 1. The van der Waals surface area contributed by atoms with Gasteiger partial charge in [-0.3, -0.25) is 19.2 Å². The van der Waals surface area contributed by atoms with E-state index in [1.165, 1.54) is 12.1 Å². The fourth-order valence-electron chi connectivity index (χ4n) is 2.62. The minimum absolute atomic E-state index is 0.266. The van der Waals surface area contributed by atoms with E-state index in [0.29, 0.717) is 0 Å². The molecular formula is C17H18N2O6S. The number of para-hydroxylation sites is 1. The zero-order chi connectivity index (χ0) is 19.5. The molecule has 0 saturated heterocycles. The molecule has 0 heterocycles. The van der Waals surface area contributed by atoms with Crippen LogP contribution < -0.4 is 4.31 Å². The number of anilines is 1. The van der Waals surface area contributed by atoms with Crippen molar-refractivity contribution in [2.24, 2.45) is 0 Å². The molecule has 0 fully saturated rings. The maximum absolute atomic E-state index is 13.1. The third-order valence-corrected chi connectivity index (χ3v) is 5.53. The Kier molecular flexibility index (Phi) is 5.61. The van der Waals surface area contributed by atoms with Gasteiger partial charge in [0.05, 0.1) is 17.0 Å². The van der Waals surface area contributed by atoms with Crippen LogP contribution >= 0.6 is 0 Å². The minimum atomic E-state index is -4.33. The van der Waals surface area contributed by atoms with E-state index in [1.54, 1.807) is 26.0 Å². The highest BCUT2D eigenvalue weighted by molar-refractivity contribution is 7.93. The van der Waals surface area contributed by atoms with E-state index in [9.17, 15) is 23.3 Å². The highest BCUT2D eigenvalue weighted by Crippen LogP contribution is 2.31. The number of carbonyl (C=O) groups is 1. The second-order valence-corrected chi connectivity index (χ2v) is 7.62. The summed E-state index contributed by atoms with van der Waals surface area (Å²) >= 11 is 0. The Balaban J connectivity index is 2.64. The van der Waals surface area contributed by atoms with Crippen LogP contribution in [0, 0.1) is 24.0 Å². The maximum Gasteiger partial charge on any atom is 0.305 e. The molecule has 0 spiro atoms. The fourth-order valence-corrected chi connectivity index (χ4v) is 4.23. The number of benzene rings is 2. The number of sulfonamides is 1. The van der Waals surface area contributed by atoms with Crippen LogP contribution in [0.4, 0.5) is 11.4 Å². The molecule has 0 unspecified atom stereocenters. The van der Waals surface area contributed by atoms with Crippen molar-refractivity contribution in [2.45, 2.75) is 25.2 Å². The molecule has 2 aromatic rings.